The van der Waals surface area contributed by atoms with Gasteiger partial charge in [0.2, 0.25) is 10.0 Å². The van der Waals surface area contributed by atoms with Crippen molar-refractivity contribution in [3.05, 3.63) is 42.1 Å². The van der Waals surface area contributed by atoms with Crippen molar-refractivity contribution < 1.29 is 8.42 Å². The molecule has 0 radical (unpaired) electrons. The van der Waals surface area contributed by atoms with Gasteiger partial charge in [-0.1, -0.05) is 37.3 Å². The summed E-state index contributed by atoms with van der Waals surface area (Å²) < 4.78 is 26.5. The highest BCUT2D eigenvalue weighted by atomic mass is 32.2. The highest BCUT2D eigenvalue weighted by Gasteiger charge is 2.19. The van der Waals surface area contributed by atoms with Crippen molar-refractivity contribution in [1.29, 1.82) is 0 Å². The van der Waals surface area contributed by atoms with Gasteiger partial charge in [-0.25, -0.2) is 13.1 Å². The normalized spacial score (nSPS) is 13.2. The highest BCUT2D eigenvalue weighted by Crippen LogP contribution is 2.18. The molecule has 2 rings (SSSR count). The molecule has 2 aromatic rings. The van der Waals surface area contributed by atoms with Gasteiger partial charge in [0, 0.05) is 6.54 Å². The topological polar surface area (TPSA) is 101 Å². The molecule has 0 bridgehead atoms. The number of benzene rings is 1. The van der Waals surface area contributed by atoms with Crippen LogP contribution in [0.15, 0.2) is 41.4 Å². The first-order chi connectivity index (χ1) is 9.50. The number of nitrogens with two attached hydrogens (primary N) is 1. The van der Waals surface area contributed by atoms with Gasteiger partial charge in [0.25, 0.3) is 0 Å². The average Bonchev–Trinajstić information content (AvgIpc) is 2.86. The summed E-state index contributed by atoms with van der Waals surface area (Å²) in [5, 5.41) is 6.02. The quantitative estimate of drug-likeness (QED) is 0.750. The molecule has 1 unspecified atom stereocenters. The lowest BCUT2D eigenvalue weighted by atomic mass is 9.98. The Labute approximate surface area is 118 Å². The fourth-order valence-electron chi connectivity index (χ4n) is 1.94. The first-order valence-electron chi connectivity index (χ1n) is 6.34. The summed E-state index contributed by atoms with van der Waals surface area (Å²) in [6, 6.07) is 9.98. The number of nitrogens with one attached hydrogen (secondary N) is 2. The van der Waals surface area contributed by atoms with Crippen molar-refractivity contribution in [3.63, 3.8) is 0 Å². The monoisotopic (exact) mass is 294 g/mol. The van der Waals surface area contributed by atoms with Crippen molar-refractivity contribution in [3.8, 4) is 0 Å². The van der Waals surface area contributed by atoms with Gasteiger partial charge in [-0.3, -0.25) is 5.10 Å². The summed E-state index contributed by atoms with van der Waals surface area (Å²) in [5.41, 5.74) is 6.70. The fourth-order valence-corrected chi connectivity index (χ4v) is 3.00. The van der Waals surface area contributed by atoms with Crippen LogP contribution in [-0.2, 0) is 10.0 Å². The highest BCUT2D eigenvalue weighted by molar-refractivity contribution is 7.89. The average molecular weight is 294 g/mol. The van der Waals surface area contributed by atoms with E-state index in [0.29, 0.717) is 13.0 Å². The molecule has 1 aromatic carbocycles. The number of hydrogen-bond donors (Lipinski definition) is 3. The number of sulfonamides is 1. The first kappa shape index (κ1) is 14.5. The minimum Gasteiger partial charge on any atom is -0.383 e. The molecule has 0 amide bonds. The molecule has 1 atom stereocenters. The molecule has 0 aliphatic heterocycles. The number of aromatic nitrogens is 2. The van der Waals surface area contributed by atoms with Crippen molar-refractivity contribution >= 4 is 15.8 Å². The standard InChI is InChI=1S/C13H18N4O2S/c1-10(11-5-3-2-4-6-11)7-8-16-20(18,19)12-9-15-17-13(12)14/h2-6,9-10,16H,7-8H2,1H3,(H3,14,15,17). The van der Waals surface area contributed by atoms with E-state index in [1.54, 1.807) is 0 Å². The van der Waals surface area contributed by atoms with Gasteiger partial charge in [-0.05, 0) is 17.9 Å². The van der Waals surface area contributed by atoms with Crippen LogP contribution in [0, 0.1) is 0 Å². The molecular weight excluding hydrogens is 276 g/mol. The molecule has 108 valence electrons. The maximum Gasteiger partial charge on any atom is 0.245 e. The molecule has 4 N–H and O–H groups in total. The molecule has 7 heteroatoms. The zero-order valence-corrected chi connectivity index (χ0v) is 12.0. The Balaban J connectivity index is 1.92. The number of nitrogens with zero attached hydrogens (tertiary/aromatic N) is 1. The summed E-state index contributed by atoms with van der Waals surface area (Å²) in [7, 11) is -3.59. The van der Waals surface area contributed by atoms with Gasteiger partial charge < -0.3 is 5.73 Å². The second-order valence-corrected chi connectivity index (χ2v) is 6.38. The van der Waals surface area contributed by atoms with Gasteiger partial charge in [0.15, 0.2) is 0 Å². The van der Waals surface area contributed by atoms with Crippen LogP contribution in [0.3, 0.4) is 0 Å². The van der Waals surface area contributed by atoms with Crippen molar-refractivity contribution in [2.45, 2.75) is 24.2 Å². The maximum atomic E-state index is 12.0. The van der Waals surface area contributed by atoms with Crippen LogP contribution in [0.2, 0.25) is 0 Å². The Hall–Kier alpha value is -1.86. The second kappa shape index (κ2) is 6.06. The van der Waals surface area contributed by atoms with E-state index in [2.05, 4.69) is 21.8 Å². The Morgan fingerprint density at radius 1 is 1.35 bits per heavy atom. The lowest BCUT2D eigenvalue weighted by molar-refractivity contribution is 0.573. The first-order valence-corrected chi connectivity index (χ1v) is 7.82. The fraction of sp³-hybridized carbons (Fsp3) is 0.308. The van der Waals surface area contributed by atoms with Crippen molar-refractivity contribution in [2.24, 2.45) is 0 Å². The zero-order valence-electron chi connectivity index (χ0n) is 11.2. The predicted octanol–water partition coefficient (Wildman–Crippen LogP) is 1.46. The van der Waals surface area contributed by atoms with Gasteiger partial charge >= 0.3 is 0 Å². The number of H-pyrrole nitrogens is 1. The molecule has 0 saturated carbocycles. The molecule has 1 heterocycles. The summed E-state index contributed by atoms with van der Waals surface area (Å²) in [6.45, 7) is 2.42. The number of anilines is 1. The van der Waals surface area contributed by atoms with Crippen LogP contribution in [0.5, 0.6) is 0 Å². The van der Waals surface area contributed by atoms with Crippen molar-refractivity contribution in [2.75, 3.05) is 12.3 Å². The van der Waals surface area contributed by atoms with Gasteiger partial charge in [-0.2, -0.15) is 5.10 Å². The molecule has 6 nitrogen and oxygen atoms in total. The second-order valence-electron chi connectivity index (χ2n) is 4.65. The van der Waals surface area contributed by atoms with Gasteiger partial charge in [0.05, 0.1) is 6.20 Å². The molecule has 0 aliphatic rings. The number of hydrogen-bond acceptors (Lipinski definition) is 4. The smallest absolute Gasteiger partial charge is 0.245 e. The lowest BCUT2D eigenvalue weighted by Gasteiger charge is -2.12. The van der Waals surface area contributed by atoms with E-state index in [1.807, 2.05) is 30.3 Å². The summed E-state index contributed by atoms with van der Waals surface area (Å²) in [5.74, 6) is 0.328. The molecule has 0 saturated heterocycles. The molecule has 0 spiro atoms. The number of nitrogen functional groups attached to an aromatic ring is 1. The third-order valence-corrected chi connectivity index (χ3v) is 4.65. The number of aromatic amines is 1. The molecule has 1 aromatic heterocycles. The largest absolute Gasteiger partial charge is 0.383 e. The Morgan fingerprint density at radius 3 is 2.65 bits per heavy atom. The van der Waals surface area contributed by atoms with Gasteiger partial charge in [-0.15, -0.1) is 0 Å². The van der Waals surface area contributed by atoms with E-state index in [9.17, 15) is 8.42 Å². The maximum absolute atomic E-state index is 12.0. The summed E-state index contributed by atoms with van der Waals surface area (Å²) in [6.07, 6.45) is 1.92. The number of rotatable bonds is 6. The van der Waals surface area contributed by atoms with E-state index in [-0.39, 0.29) is 16.6 Å². The van der Waals surface area contributed by atoms with Crippen LogP contribution < -0.4 is 10.5 Å². The Bertz CT molecular complexity index is 652. The van der Waals surface area contributed by atoms with Crippen LogP contribution in [0.25, 0.3) is 0 Å². The van der Waals surface area contributed by atoms with Crippen LogP contribution >= 0.6 is 0 Å². The summed E-state index contributed by atoms with van der Waals surface area (Å²) in [4.78, 5) is -0.00939. The molecular formula is C13H18N4O2S. The van der Waals surface area contributed by atoms with E-state index in [0.717, 1.165) is 0 Å². The Morgan fingerprint density at radius 2 is 2.05 bits per heavy atom. The van der Waals surface area contributed by atoms with E-state index >= 15 is 0 Å². The SMILES string of the molecule is CC(CCNS(=O)(=O)c1cn[nH]c1N)c1ccccc1. The minimum atomic E-state index is -3.59. The summed E-state index contributed by atoms with van der Waals surface area (Å²) >= 11 is 0. The van der Waals surface area contributed by atoms with Crippen molar-refractivity contribution in [1.82, 2.24) is 14.9 Å². The van der Waals surface area contributed by atoms with Gasteiger partial charge in [0.1, 0.15) is 10.7 Å². The van der Waals surface area contributed by atoms with E-state index in [1.165, 1.54) is 11.8 Å². The van der Waals surface area contributed by atoms with Crippen LogP contribution in [0.1, 0.15) is 24.8 Å². The molecule has 0 fully saturated rings. The predicted molar refractivity (Wildman–Crippen MR) is 77.7 cm³/mol. The molecule has 0 aliphatic carbocycles. The minimum absolute atomic E-state index is 0.00939. The zero-order chi connectivity index (χ0) is 14.6. The lowest BCUT2D eigenvalue weighted by Crippen LogP contribution is -2.26. The molecule has 20 heavy (non-hydrogen) atoms. The van der Waals surface area contributed by atoms with E-state index < -0.39 is 10.0 Å². The van der Waals surface area contributed by atoms with Crippen LogP contribution in [-0.4, -0.2) is 25.2 Å². The Kier molecular flexibility index (Phi) is 4.41. The third kappa shape index (κ3) is 3.37. The van der Waals surface area contributed by atoms with E-state index in [4.69, 9.17) is 5.73 Å². The third-order valence-electron chi connectivity index (χ3n) is 3.16. The van der Waals surface area contributed by atoms with Crippen LogP contribution in [0.4, 0.5) is 5.82 Å².